The van der Waals surface area contributed by atoms with Crippen molar-refractivity contribution < 1.29 is 9.37 Å². The lowest BCUT2D eigenvalue weighted by Crippen LogP contribution is -2.19. The van der Waals surface area contributed by atoms with E-state index < -0.39 is 0 Å². The highest BCUT2D eigenvalue weighted by Crippen LogP contribution is 2.24. The number of ether oxygens (including phenoxy) is 1. The Hall–Kier alpha value is -1.88. The lowest BCUT2D eigenvalue weighted by molar-refractivity contribution is 0.299. The quantitative estimate of drug-likeness (QED) is 0.878. The van der Waals surface area contributed by atoms with Gasteiger partial charge in [0.2, 0.25) is 0 Å². The van der Waals surface area contributed by atoms with E-state index in [-0.39, 0.29) is 6.04 Å². The van der Waals surface area contributed by atoms with Gasteiger partial charge in [-0.3, -0.25) is 0 Å². The first kappa shape index (κ1) is 12.6. The molecule has 0 bridgehead atoms. The summed E-state index contributed by atoms with van der Waals surface area (Å²) >= 11 is 0. The van der Waals surface area contributed by atoms with E-state index in [1.807, 2.05) is 31.2 Å². The minimum atomic E-state index is 0.164. The molecule has 0 aliphatic rings. The maximum atomic E-state index is 5.34. The van der Waals surface area contributed by atoms with Gasteiger partial charge in [0.05, 0.1) is 7.11 Å². The Bertz CT molecular complexity index is 510. The molecule has 0 amide bonds. The van der Waals surface area contributed by atoms with Crippen molar-refractivity contribution in [3.8, 4) is 5.75 Å². The summed E-state index contributed by atoms with van der Waals surface area (Å²) in [5, 5.41) is 11.0. The summed E-state index contributed by atoms with van der Waals surface area (Å²) in [6.07, 6.45) is 0. The molecule has 2 rings (SSSR count). The number of para-hydroxylation sites is 1. The van der Waals surface area contributed by atoms with Crippen molar-refractivity contribution >= 4 is 0 Å². The third kappa shape index (κ3) is 2.68. The maximum absolute atomic E-state index is 5.34. The Morgan fingerprint density at radius 2 is 2.11 bits per heavy atom. The predicted octanol–water partition coefficient (Wildman–Crippen LogP) is 2.24. The van der Waals surface area contributed by atoms with Crippen LogP contribution in [0.2, 0.25) is 0 Å². The fourth-order valence-electron chi connectivity index (χ4n) is 1.79. The highest BCUT2D eigenvalue weighted by atomic mass is 16.6. The molecule has 0 aliphatic carbocycles. The number of aromatic nitrogens is 2. The van der Waals surface area contributed by atoms with Gasteiger partial charge in [-0.1, -0.05) is 28.5 Å². The van der Waals surface area contributed by atoms with E-state index in [2.05, 4.69) is 27.2 Å². The molecule has 0 saturated carbocycles. The molecule has 5 heteroatoms. The van der Waals surface area contributed by atoms with Crippen LogP contribution in [0.15, 0.2) is 28.9 Å². The molecule has 1 atom stereocenters. The zero-order valence-electron chi connectivity index (χ0n) is 10.8. The van der Waals surface area contributed by atoms with Crippen LogP contribution in [-0.2, 0) is 6.54 Å². The first-order chi connectivity index (χ1) is 8.72. The van der Waals surface area contributed by atoms with Crippen molar-refractivity contribution in [1.29, 1.82) is 0 Å². The van der Waals surface area contributed by atoms with Crippen LogP contribution in [0, 0.1) is 6.92 Å². The number of hydrogen-bond donors (Lipinski definition) is 1. The third-order valence-electron chi connectivity index (χ3n) is 2.93. The molecule has 1 aromatic carbocycles. The standard InChI is InChI=1S/C13H17N3O2/c1-9(11-6-4-5-7-13(11)17-3)14-8-12-10(2)15-18-16-12/h4-7,9,14H,8H2,1-3H3/t9-/m1/s1. The van der Waals surface area contributed by atoms with E-state index in [0.717, 1.165) is 22.7 Å². The lowest BCUT2D eigenvalue weighted by Gasteiger charge is -2.16. The van der Waals surface area contributed by atoms with Crippen molar-refractivity contribution in [2.75, 3.05) is 7.11 Å². The number of nitrogens with one attached hydrogen (secondary N) is 1. The molecular formula is C13H17N3O2. The number of methoxy groups -OCH3 is 1. The SMILES string of the molecule is COc1ccccc1[C@@H](C)NCc1nonc1C. The van der Waals surface area contributed by atoms with E-state index in [1.54, 1.807) is 7.11 Å². The fraction of sp³-hybridized carbons (Fsp3) is 0.385. The van der Waals surface area contributed by atoms with E-state index in [4.69, 9.17) is 4.74 Å². The van der Waals surface area contributed by atoms with Gasteiger partial charge in [0, 0.05) is 18.2 Å². The number of aryl methyl sites for hydroxylation is 1. The summed E-state index contributed by atoms with van der Waals surface area (Å²) in [6, 6.07) is 8.12. The highest BCUT2D eigenvalue weighted by molar-refractivity contribution is 5.35. The smallest absolute Gasteiger partial charge is 0.123 e. The molecule has 0 spiro atoms. The Balaban J connectivity index is 2.03. The average Bonchev–Trinajstić information content (AvgIpc) is 2.81. The van der Waals surface area contributed by atoms with Crippen LogP contribution in [0.1, 0.15) is 29.9 Å². The van der Waals surface area contributed by atoms with Crippen LogP contribution in [0.25, 0.3) is 0 Å². The largest absolute Gasteiger partial charge is 0.496 e. The van der Waals surface area contributed by atoms with E-state index in [1.165, 1.54) is 0 Å². The molecular weight excluding hydrogens is 230 g/mol. The lowest BCUT2D eigenvalue weighted by atomic mass is 10.1. The van der Waals surface area contributed by atoms with Crippen molar-refractivity contribution in [3.05, 3.63) is 41.2 Å². The Kier molecular flexibility index (Phi) is 3.94. The molecule has 2 aromatic rings. The van der Waals surface area contributed by atoms with Crippen LogP contribution in [0.5, 0.6) is 5.75 Å². The summed E-state index contributed by atoms with van der Waals surface area (Å²) in [4.78, 5) is 0. The van der Waals surface area contributed by atoms with E-state index in [9.17, 15) is 0 Å². The molecule has 0 unspecified atom stereocenters. The van der Waals surface area contributed by atoms with Gasteiger partial charge in [0.15, 0.2) is 0 Å². The van der Waals surface area contributed by atoms with Gasteiger partial charge in [-0.2, -0.15) is 0 Å². The van der Waals surface area contributed by atoms with Crippen LogP contribution in [0.4, 0.5) is 0 Å². The zero-order chi connectivity index (χ0) is 13.0. The summed E-state index contributed by atoms with van der Waals surface area (Å²) in [7, 11) is 1.68. The van der Waals surface area contributed by atoms with Gasteiger partial charge in [-0.25, -0.2) is 4.63 Å². The Labute approximate surface area is 106 Å². The van der Waals surface area contributed by atoms with Gasteiger partial charge in [0.1, 0.15) is 17.1 Å². The van der Waals surface area contributed by atoms with Crippen molar-refractivity contribution in [1.82, 2.24) is 15.6 Å². The second-order valence-electron chi connectivity index (χ2n) is 4.14. The normalized spacial score (nSPS) is 12.4. The topological polar surface area (TPSA) is 60.2 Å². The Morgan fingerprint density at radius 1 is 1.33 bits per heavy atom. The fourth-order valence-corrected chi connectivity index (χ4v) is 1.79. The van der Waals surface area contributed by atoms with Crippen molar-refractivity contribution in [2.24, 2.45) is 0 Å². The molecule has 1 heterocycles. The minimum absolute atomic E-state index is 0.164. The van der Waals surface area contributed by atoms with Crippen LogP contribution >= 0.6 is 0 Å². The van der Waals surface area contributed by atoms with Gasteiger partial charge in [0.25, 0.3) is 0 Å². The maximum Gasteiger partial charge on any atom is 0.123 e. The molecule has 96 valence electrons. The highest BCUT2D eigenvalue weighted by Gasteiger charge is 2.12. The monoisotopic (exact) mass is 247 g/mol. The molecule has 0 radical (unpaired) electrons. The van der Waals surface area contributed by atoms with Crippen molar-refractivity contribution in [3.63, 3.8) is 0 Å². The molecule has 1 N–H and O–H groups in total. The predicted molar refractivity (Wildman–Crippen MR) is 67.3 cm³/mol. The number of benzene rings is 1. The molecule has 0 fully saturated rings. The average molecular weight is 247 g/mol. The first-order valence-electron chi connectivity index (χ1n) is 5.86. The summed E-state index contributed by atoms with van der Waals surface area (Å²) < 4.78 is 10.0. The van der Waals surface area contributed by atoms with E-state index >= 15 is 0 Å². The molecule has 0 saturated heterocycles. The second kappa shape index (κ2) is 5.64. The Morgan fingerprint density at radius 3 is 2.78 bits per heavy atom. The zero-order valence-corrected chi connectivity index (χ0v) is 10.8. The summed E-state index contributed by atoms with van der Waals surface area (Å²) in [5.74, 6) is 0.882. The molecule has 5 nitrogen and oxygen atoms in total. The number of nitrogens with zero attached hydrogens (tertiary/aromatic N) is 2. The summed E-state index contributed by atoms with van der Waals surface area (Å²) in [6.45, 7) is 4.58. The molecule has 0 aliphatic heterocycles. The molecule has 1 aromatic heterocycles. The second-order valence-corrected chi connectivity index (χ2v) is 4.14. The minimum Gasteiger partial charge on any atom is -0.496 e. The van der Waals surface area contributed by atoms with E-state index in [0.29, 0.717) is 6.54 Å². The van der Waals surface area contributed by atoms with Crippen LogP contribution in [-0.4, -0.2) is 17.4 Å². The van der Waals surface area contributed by atoms with Gasteiger partial charge in [-0.15, -0.1) is 0 Å². The number of hydrogen-bond acceptors (Lipinski definition) is 5. The number of rotatable bonds is 5. The van der Waals surface area contributed by atoms with Crippen LogP contribution in [0.3, 0.4) is 0 Å². The van der Waals surface area contributed by atoms with Gasteiger partial charge >= 0.3 is 0 Å². The molecule has 18 heavy (non-hydrogen) atoms. The van der Waals surface area contributed by atoms with Gasteiger partial charge in [-0.05, 0) is 19.9 Å². The first-order valence-corrected chi connectivity index (χ1v) is 5.86. The summed E-state index contributed by atoms with van der Waals surface area (Å²) in [5.41, 5.74) is 2.76. The third-order valence-corrected chi connectivity index (χ3v) is 2.93. The van der Waals surface area contributed by atoms with Crippen molar-refractivity contribution in [2.45, 2.75) is 26.4 Å². The van der Waals surface area contributed by atoms with Gasteiger partial charge < -0.3 is 10.1 Å². The van der Waals surface area contributed by atoms with Crippen LogP contribution < -0.4 is 10.1 Å².